The molecule has 1 aromatic carbocycles. The van der Waals surface area contributed by atoms with Crippen LogP contribution in [0.4, 0.5) is 5.69 Å². The lowest BCUT2D eigenvalue weighted by Gasteiger charge is -2.29. The Morgan fingerprint density at radius 2 is 2.19 bits per heavy atom. The van der Waals surface area contributed by atoms with E-state index in [1.807, 2.05) is 6.07 Å². The molecule has 88 valence electrons. The van der Waals surface area contributed by atoms with E-state index in [9.17, 15) is 0 Å². The molecular formula is C14H22N2. The van der Waals surface area contributed by atoms with Crippen molar-refractivity contribution in [2.45, 2.75) is 33.2 Å². The smallest absolute Gasteiger partial charge is 0.0350 e. The van der Waals surface area contributed by atoms with Crippen molar-refractivity contribution in [3.63, 3.8) is 0 Å². The highest BCUT2D eigenvalue weighted by atomic mass is 15.1. The second-order valence-corrected chi connectivity index (χ2v) is 5.19. The second kappa shape index (κ2) is 4.88. The summed E-state index contributed by atoms with van der Waals surface area (Å²) in [6, 6.07) is 6.30. The Balaban J connectivity index is 2.01. The Kier molecular flexibility index (Phi) is 3.49. The summed E-state index contributed by atoms with van der Waals surface area (Å²) < 4.78 is 0. The number of nitrogens with zero attached hydrogens (tertiary/aromatic N) is 1. The van der Waals surface area contributed by atoms with Gasteiger partial charge in [0.25, 0.3) is 0 Å². The van der Waals surface area contributed by atoms with Crippen LogP contribution in [0.2, 0.25) is 0 Å². The molecule has 0 aromatic heterocycles. The zero-order chi connectivity index (χ0) is 11.5. The molecule has 2 rings (SSSR count). The maximum absolute atomic E-state index is 5.99. The lowest BCUT2D eigenvalue weighted by atomic mass is 9.97. The Morgan fingerprint density at radius 3 is 2.94 bits per heavy atom. The maximum Gasteiger partial charge on any atom is 0.0350 e. The monoisotopic (exact) mass is 218 g/mol. The molecule has 0 bridgehead atoms. The fourth-order valence-electron chi connectivity index (χ4n) is 2.33. The highest BCUT2D eigenvalue weighted by Crippen LogP contribution is 2.24. The number of benzene rings is 1. The first kappa shape index (κ1) is 11.5. The topological polar surface area (TPSA) is 29.3 Å². The average Bonchev–Trinajstić information content (AvgIpc) is 2.26. The van der Waals surface area contributed by atoms with Gasteiger partial charge in [-0.2, -0.15) is 0 Å². The summed E-state index contributed by atoms with van der Waals surface area (Å²) >= 11 is 0. The quantitative estimate of drug-likeness (QED) is 0.790. The molecule has 0 spiro atoms. The van der Waals surface area contributed by atoms with E-state index in [4.69, 9.17) is 5.73 Å². The van der Waals surface area contributed by atoms with Gasteiger partial charge in [0.15, 0.2) is 0 Å². The summed E-state index contributed by atoms with van der Waals surface area (Å²) in [5, 5.41) is 0. The number of rotatable bonds is 3. The van der Waals surface area contributed by atoms with Gasteiger partial charge in [-0.15, -0.1) is 0 Å². The van der Waals surface area contributed by atoms with Gasteiger partial charge in [-0.3, -0.25) is 4.90 Å². The van der Waals surface area contributed by atoms with Crippen LogP contribution in [0.25, 0.3) is 0 Å². The summed E-state index contributed by atoms with van der Waals surface area (Å²) in [6.45, 7) is 8.03. The molecule has 16 heavy (non-hydrogen) atoms. The van der Waals surface area contributed by atoms with Gasteiger partial charge in [0.1, 0.15) is 0 Å². The summed E-state index contributed by atoms with van der Waals surface area (Å²) in [5.41, 5.74) is 9.77. The molecule has 0 atom stereocenters. The third-order valence-corrected chi connectivity index (χ3v) is 3.40. The molecule has 0 aliphatic carbocycles. The van der Waals surface area contributed by atoms with E-state index in [1.54, 1.807) is 0 Å². The molecule has 0 fully saturated rings. The lowest BCUT2D eigenvalue weighted by Crippen LogP contribution is -2.32. The van der Waals surface area contributed by atoms with E-state index in [0.29, 0.717) is 0 Å². The van der Waals surface area contributed by atoms with Gasteiger partial charge in [0, 0.05) is 18.8 Å². The normalized spacial score (nSPS) is 16.4. The maximum atomic E-state index is 5.99. The van der Waals surface area contributed by atoms with Crippen LogP contribution in [0.15, 0.2) is 18.2 Å². The van der Waals surface area contributed by atoms with Crippen LogP contribution in [0, 0.1) is 5.92 Å². The fraction of sp³-hybridized carbons (Fsp3) is 0.571. The van der Waals surface area contributed by atoms with Crippen molar-refractivity contribution in [3.05, 3.63) is 29.3 Å². The minimum atomic E-state index is 0.794. The molecule has 2 heteroatoms. The second-order valence-electron chi connectivity index (χ2n) is 5.19. The van der Waals surface area contributed by atoms with E-state index < -0.39 is 0 Å². The van der Waals surface area contributed by atoms with Gasteiger partial charge in [0.05, 0.1) is 0 Å². The van der Waals surface area contributed by atoms with Gasteiger partial charge in [-0.1, -0.05) is 26.0 Å². The molecule has 1 aliphatic rings. The molecule has 1 heterocycles. The number of anilines is 1. The van der Waals surface area contributed by atoms with Crippen molar-refractivity contribution >= 4 is 5.69 Å². The largest absolute Gasteiger partial charge is 0.398 e. The molecule has 2 N–H and O–H groups in total. The van der Waals surface area contributed by atoms with Crippen LogP contribution in [-0.2, 0) is 13.0 Å². The average molecular weight is 218 g/mol. The standard InChI is InChI=1S/C14H22N2/c1-11(2)6-8-16-9-7-13-12(10-16)4-3-5-14(13)15/h3-5,11H,6-10,15H2,1-2H3. The Morgan fingerprint density at radius 1 is 1.38 bits per heavy atom. The van der Waals surface area contributed by atoms with Crippen LogP contribution in [0.5, 0.6) is 0 Å². The summed E-state index contributed by atoms with van der Waals surface area (Å²) in [4.78, 5) is 2.54. The van der Waals surface area contributed by atoms with Gasteiger partial charge >= 0.3 is 0 Å². The van der Waals surface area contributed by atoms with Crippen molar-refractivity contribution in [2.75, 3.05) is 18.8 Å². The summed E-state index contributed by atoms with van der Waals surface area (Å²) in [6.07, 6.45) is 2.40. The molecule has 0 amide bonds. The van der Waals surface area contributed by atoms with Gasteiger partial charge in [-0.25, -0.2) is 0 Å². The number of hydrogen-bond acceptors (Lipinski definition) is 2. The van der Waals surface area contributed by atoms with Gasteiger partial charge in [-0.05, 0) is 42.5 Å². The Bertz CT molecular complexity index is 358. The number of fused-ring (bicyclic) bond motifs is 1. The molecule has 0 radical (unpaired) electrons. The van der Waals surface area contributed by atoms with E-state index >= 15 is 0 Å². The van der Waals surface area contributed by atoms with Crippen molar-refractivity contribution in [1.82, 2.24) is 4.90 Å². The molecule has 0 unspecified atom stereocenters. The zero-order valence-corrected chi connectivity index (χ0v) is 10.4. The van der Waals surface area contributed by atoms with Crippen LogP contribution in [0.1, 0.15) is 31.4 Å². The molecule has 0 saturated heterocycles. The van der Waals surface area contributed by atoms with E-state index in [1.165, 1.54) is 24.1 Å². The van der Waals surface area contributed by atoms with Crippen molar-refractivity contribution in [1.29, 1.82) is 0 Å². The summed E-state index contributed by atoms with van der Waals surface area (Å²) in [5.74, 6) is 0.794. The van der Waals surface area contributed by atoms with E-state index in [-0.39, 0.29) is 0 Å². The predicted octanol–water partition coefficient (Wildman–Crippen LogP) is 2.67. The van der Waals surface area contributed by atoms with Crippen LogP contribution in [-0.4, -0.2) is 18.0 Å². The Labute approximate surface area is 98.4 Å². The molecular weight excluding hydrogens is 196 g/mol. The first-order valence-electron chi connectivity index (χ1n) is 6.25. The predicted molar refractivity (Wildman–Crippen MR) is 69.3 cm³/mol. The first-order chi connectivity index (χ1) is 7.66. The van der Waals surface area contributed by atoms with E-state index in [0.717, 1.165) is 31.1 Å². The Hall–Kier alpha value is -1.02. The SMILES string of the molecule is CC(C)CCN1CCc2c(N)cccc2C1. The van der Waals surface area contributed by atoms with E-state index in [2.05, 4.69) is 30.9 Å². The van der Waals surface area contributed by atoms with Crippen LogP contribution < -0.4 is 5.73 Å². The molecule has 1 aromatic rings. The number of hydrogen-bond donors (Lipinski definition) is 1. The van der Waals surface area contributed by atoms with Crippen LogP contribution in [0.3, 0.4) is 0 Å². The highest BCUT2D eigenvalue weighted by molar-refractivity contribution is 5.51. The highest BCUT2D eigenvalue weighted by Gasteiger charge is 2.17. The first-order valence-corrected chi connectivity index (χ1v) is 6.25. The molecule has 0 saturated carbocycles. The minimum Gasteiger partial charge on any atom is -0.398 e. The molecule has 2 nitrogen and oxygen atoms in total. The van der Waals surface area contributed by atoms with Crippen molar-refractivity contribution in [3.8, 4) is 0 Å². The van der Waals surface area contributed by atoms with Crippen molar-refractivity contribution in [2.24, 2.45) is 5.92 Å². The fourth-order valence-corrected chi connectivity index (χ4v) is 2.33. The third kappa shape index (κ3) is 2.56. The lowest BCUT2D eigenvalue weighted by molar-refractivity contribution is 0.240. The number of nitrogens with two attached hydrogens (primary N) is 1. The van der Waals surface area contributed by atoms with Crippen LogP contribution >= 0.6 is 0 Å². The molecule has 1 aliphatic heterocycles. The number of nitrogen functional groups attached to an aromatic ring is 1. The third-order valence-electron chi connectivity index (χ3n) is 3.40. The van der Waals surface area contributed by atoms with Crippen molar-refractivity contribution < 1.29 is 0 Å². The zero-order valence-electron chi connectivity index (χ0n) is 10.4. The summed E-state index contributed by atoms with van der Waals surface area (Å²) in [7, 11) is 0. The van der Waals surface area contributed by atoms with Gasteiger partial charge in [0.2, 0.25) is 0 Å². The van der Waals surface area contributed by atoms with Gasteiger partial charge < -0.3 is 5.73 Å². The minimum absolute atomic E-state index is 0.794.